The summed E-state index contributed by atoms with van der Waals surface area (Å²) in [6.07, 6.45) is 3.15. The third kappa shape index (κ3) is 4.43. The van der Waals surface area contributed by atoms with Crippen LogP contribution in [-0.2, 0) is 6.54 Å². The number of hydrogen-bond acceptors (Lipinski definition) is 6. The number of amides is 3. The minimum atomic E-state index is -0.424. The molecule has 0 aliphatic carbocycles. The summed E-state index contributed by atoms with van der Waals surface area (Å²) in [5.74, 6) is -0.134. The number of carbonyl (C=O) groups excluding carboxylic acids is 2. The summed E-state index contributed by atoms with van der Waals surface area (Å²) in [6, 6.07) is 8.58. The molecular weight excluding hydrogens is 397 g/mol. The summed E-state index contributed by atoms with van der Waals surface area (Å²) in [4.78, 5) is 26.6. The van der Waals surface area contributed by atoms with Gasteiger partial charge in [-0.05, 0) is 49.2 Å². The predicted octanol–water partition coefficient (Wildman–Crippen LogP) is 3.57. The number of benzene rings is 1. The van der Waals surface area contributed by atoms with Crippen LogP contribution in [0.15, 0.2) is 47.1 Å². The lowest BCUT2D eigenvalue weighted by Crippen LogP contribution is -2.39. The van der Waals surface area contributed by atoms with Crippen molar-refractivity contribution in [1.29, 1.82) is 0 Å². The Morgan fingerprint density at radius 3 is 2.83 bits per heavy atom. The van der Waals surface area contributed by atoms with Crippen molar-refractivity contribution in [3.8, 4) is 0 Å². The van der Waals surface area contributed by atoms with Crippen molar-refractivity contribution in [2.75, 3.05) is 11.9 Å². The van der Waals surface area contributed by atoms with Crippen molar-refractivity contribution in [1.82, 2.24) is 20.4 Å². The van der Waals surface area contributed by atoms with Gasteiger partial charge in [0.25, 0.3) is 5.91 Å². The van der Waals surface area contributed by atoms with Gasteiger partial charge >= 0.3 is 6.03 Å². The summed E-state index contributed by atoms with van der Waals surface area (Å²) in [6.45, 7) is 0.905. The van der Waals surface area contributed by atoms with Gasteiger partial charge in [0, 0.05) is 12.2 Å². The van der Waals surface area contributed by atoms with Gasteiger partial charge in [0.05, 0.1) is 18.8 Å². The van der Waals surface area contributed by atoms with E-state index in [1.807, 2.05) is 0 Å². The minimum absolute atomic E-state index is 0.187. The van der Waals surface area contributed by atoms with Crippen LogP contribution in [0, 0.1) is 5.82 Å². The van der Waals surface area contributed by atoms with Crippen LogP contribution in [0.25, 0.3) is 0 Å². The molecule has 1 atom stereocenters. The molecule has 3 amide bonds. The van der Waals surface area contributed by atoms with Gasteiger partial charge in [-0.15, -0.1) is 10.2 Å². The Morgan fingerprint density at radius 2 is 2.07 bits per heavy atom. The molecule has 0 radical (unpaired) electrons. The Hall–Kier alpha value is -3.27. The highest BCUT2D eigenvalue weighted by molar-refractivity contribution is 7.13. The summed E-state index contributed by atoms with van der Waals surface area (Å²) in [5, 5.41) is 14.4. The van der Waals surface area contributed by atoms with E-state index in [4.69, 9.17) is 4.42 Å². The average Bonchev–Trinajstić information content (AvgIpc) is 3.48. The Kier molecular flexibility index (Phi) is 5.52. The topological polar surface area (TPSA) is 100 Å². The second-order valence-corrected chi connectivity index (χ2v) is 7.51. The lowest BCUT2D eigenvalue weighted by molar-refractivity contribution is 0.102. The number of urea groups is 1. The molecule has 29 heavy (non-hydrogen) atoms. The zero-order valence-electron chi connectivity index (χ0n) is 15.3. The van der Waals surface area contributed by atoms with Crippen molar-refractivity contribution >= 4 is 29.0 Å². The van der Waals surface area contributed by atoms with Crippen LogP contribution in [0.2, 0.25) is 0 Å². The molecule has 4 rings (SSSR count). The maximum Gasteiger partial charge on any atom is 0.318 e. The van der Waals surface area contributed by atoms with Crippen LogP contribution in [0.3, 0.4) is 0 Å². The van der Waals surface area contributed by atoms with Crippen LogP contribution in [0.1, 0.15) is 39.5 Å². The number of nitrogens with zero attached hydrogens (tertiary/aromatic N) is 3. The summed E-state index contributed by atoms with van der Waals surface area (Å²) in [5.41, 5.74) is 0.466. The van der Waals surface area contributed by atoms with Crippen LogP contribution in [0.4, 0.5) is 14.9 Å². The molecule has 0 bridgehead atoms. The fraction of sp³-hybridized carbons (Fsp3) is 0.263. The summed E-state index contributed by atoms with van der Waals surface area (Å²) >= 11 is 1.15. The number of likely N-dealkylation sites (tertiary alicyclic amines) is 1. The molecule has 2 N–H and O–H groups in total. The molecule has 0 unspecified atom stereocenters. The molecule has 1 fully saturated rings. The number of rotatable bonds is 5. The SMILES string of the molecule is O=C(Nc1ccc(F)cc1)c1nnc([C@H]2CCCN2C(=O)NCc2ccco2)s1. The first-order valence-electron chi connectivity index (χ1n) is 9.07. The lowest BCUT2D eigenvalue weighted by Gasteiger charge is -2.22. The van der Waals surface area contributed by atoms with E-state index >= 15 is 0 Å². The normalized spacial score (nSPS) is 16.0. The smallest absolute Gasteiger partial charge is 0.318 e. The number of halogens is 1. The Balaban J connectivity index is 1.40. The van der Waals surface area contributed by atoms with Gasteiger partial charge in [0.2, 0.25) is 5.01 Å². The highest BCUT2D eigenvalue weighted by Crippen LogP contribution is 2.33. The summed E-state index contributed by atoms with van der Waals surface area (Å²) in [7, 11) is 0. The molecule has 0 spiro atoms. The van der Waals surface area contributed by atoms with Crippen LogP contribution in [-0.4, -0.2) is 33.6 Å². The average molecular weight is 415 g/mol. The lowest BCUT2D eigenvalue weighted by atomic mass is 10.2. The molecule has 1 saturated heterocycles. The molecule has 1 aliphatic rings. The number of anilines is 1. The van der Waals surface area contributed by atoms with Gasteiger partial charge in [-0.2, -0.15) is 0 Å². The van der Waals surface area contributed by atoms with Crippen molar-refractivity contribution in [2.45, 2.75) is 25.4 Å². The largest absolute Gasteiger partial charge is 0.467 e. The molecular formula is C19H18FN5O3S. The Labute approximate surface area is 169 Å². The van der Waals surface area contributed by atoms with E-state index in [1.54, 1.807) is 23.3 Å². The fourth-order valence-electron chi connectivity index (χ4n) is 3.12. The van der Waals surface area contributed by atoms with Crippen molar-refractivity contribution in [2.24, 2.45) is 0 Å². The number of carbonyl (C=O) groups is 2. The maximum absolute atomic E-state index is 13.0. The van der Waals surface area contributed by atoms with Gasteiger partial charge in [0.15, 0.2) is 0 Å². The van der Waals surface area contributed by atoms with Gasteiger partial charge in [-0.1, -0.05) is 11.3 Å². The first-order valence-corrected chi connectivity index (χ1v) is 9.89. The van der Waals surface area contributed by atoms with E-state index in [1.165, 1.54) is 24.3 Å². The first-order chi connectivity index (χ1) is 14.1. The molecule has 0 saturated carbocycles. The zero-order valence-corrected chi connectivity index (χ0v) is 16.1. The van der Waals surface area contributed by atoms with E-state index in [-0.39, 0.29) is 22.9 Å². The second kappa shape index (κ2) is 8.39. The number of furan rings is 1. The number of aromatic nitrogens is 2. The third-order valence-corrected chi connectivity index (χ3v) is 5.55. The molecule has 10 heteroatoms. The van der Waals surface area contributed by atoms with Gasteiger partial charge in [-0.3, -0.25) is 4.79 Å². The monoisotopic (exact) mass is 415 g/mol. The fourth-order valence-corrected chi connectivity index (χ4v) is 4.01. The van der Waals surface area contributed by atoms with E-state index in [0.29, 0.717) is 29.5 Å². The quantitative estimate of drug-likeness (QED) is 0.664. The standard InChI is InChI=1S/C19H18FN5O3S/c20-12-5-7-13(8-6-12)22-16(26)18-24-23-17(29-18)15-4-1-9-25(15)19(27)21-11-14-3-2-10-28-14/h2-3,5-8,10,15H,1,4,9,11H2,(H,21,27)(H,22,26)/t15-/m1/s1. The zero-order chi connectivity index (χ0) is 20.2. The highest BCUT2D eigenvalue weighted by atomic mass is 32.1. The van der Waals surface area contributed by atoms with Crippen molar-refractivity contribution in [3.05, 3.63) is 64.3 Å². The van der Waals surface area contributed by atoms with Crippen molar-refractivity contribution < 1.29 is 18.4 Å². The predicted molar refractivity (Wildman–Crippen MR) is 104 cm³/mol. The highest BCUT2D eigenvalue weighted by Gasteiger charge is 2.33. The second-order valence-electron chi connectivity index (χ2n) is 6.50. The van der Waals surface area contributed by atoms with Crippen LogP contribution < -0.4 is 10.6 Å². The molecule has 1 aliphatic heterocycles. The van der Waals surface area contributed by atoms with Crippen molar-refractivity contribution in [3.63, 3.8) is 0 Å². The van der Waals surface area contributed by atoms with Crippen LogP contribution in [0.5, 0.6) is 0 Å². The third-order valence-electron chi connectivity index (χ3n) is 4.53. The molecule has 150 valence electrons. The maximum atomic E-state index is 13.0. The molecule has 3 aromatic rings. The number of nitrogens with one attached hydrogen (secondary N) is 2. The molecule has 3 heterocycles. The minimum Gasteiger partial charge on any atom is -0.467 e. The molecule has 2 aromatic heterocycles. The first kappa shape index (κ1) is 19.1. The molecule has 8 nitrogen and oxygen atoms in total. The Morgan fingerprint density at radius 1 is 1.24 bits per heavy atom. The van der Waals surface area contributed by atoms with Gasteiger partial charge in [-0.25, -0.2) is 9.18 Å². The Bertz CT molecular complexity index is 990. The van der Waals surface area contributed by atoms with E-state index in [0.717, 1.165) is 24.2 Å². The van der Waals surface area contributed by atoms with E-state index in [9.17, 15) is 14.0 Å². The van der Waals surface area contributed by atoms with E-state index in [2.05, 4.69) is 20.8 Å². The van der Waals surface area contributed by atoms with Gasteiger partial charge in [0.1, 0.15) is 16.6 Å². The van der Waals surface area contributed by atoms with Crippen LogP contribution >= 0.6 is 11.3 Å². The molecule has 1 aromatic carbocycles. The van der Waals surface area contributed by atoms with Gasteiger partial charge < -0.3 is 20.0 Å². The summed E-state index contributed by atoms with van der Waals surface area (Å²) < 4.78 is 18.2. The van der Waals surface area contributed by atoms with E-state index < -0.39 is 5.91 Å². The number of hydrogen-bond donors (Lipinski definition) is 2.